The highest BCUT2D eigenvalue weighted by Gasteiger charge is 2.15. The molecule has 0 aliphatic carbocycles. The lowest BCUT2D eigenvalue weighted by molar-refractivity contribution is 0.417. The molecule has 0 aliphatic rings. The number of imidazole rings is 1. The lowest BCUT2D eigenvalue weighted by Gasteiger charge is -2.08. The van der Waals surface area contributed by atoms with Gasteiger partial charge in [0.1, 0.15) is 0 Å². The smallest absolute Gasteiger partial charge is 0.328 e. The molecule has 0 spiro atoms. The molecule has 6 N–H and O–H groups in total. The van der Waals surface area contributed by atoms with Crippen molar-refractivity contribution in [2.24, 2.45) is 5.73 Å². The Bertz CT molecular complexity index is 1430. The summed E-state index contributed by atoms with van der Waals surface area (Å²) in [5.74, 6) is -0.146. The number of nitrogens with zero attached hydrogens (tertiary/aromatic N) is 1. The van der Waals surface area contributed by atoms with E-state index in [0.717, 1.165) is 34.7 Å². The van der Waals surface area contributed by atoms with Crippen LogP contribution in [0.15, 0.2) is 53.5 Å². The van der Waals surface area contributed by atoms with E-state index < -0.39 is 15.7 Å². The first kappa shape index (κ1) is 21.7. The third kappa shape index (κ3) is 4.71. The summed E-state index contributed by atoms with van der Waals surface area (Å²) in [6.07, 6.45) is 4.13. The molecule has 0 bridgehead atoms. The fourth-order valence-corrected chi connectivity index (χ4v) is 4.37. The summed E-state index contributed by atoms with van der Waals surface area (Å²) in [5.41, 5.74) is 9.80. The number of rotatable bonds is 8. The molecule has 32 heavy (non-hydrogen) atoms. The molecule has 2 heterocycles. The van der Waals surface area contributed by atoms with Crippen LogP contribution in [-0.2, 0) is 29.4 Å². The molecule has 0 aliphatic heterocycles. The molecule has 0 atom stereocenters. The maximum absolute atomic E-state index is 12.5. The Hall–Kier alpha value is -3.50. The number of nitrogens with one attached hydrogen (secondary N) is 3. The number of hydrogen-bond donors (Lipinski definition) is 5. The molecule has 2 aromatic heterocycles. The summed E-state index contributed by atoms with van der Waals surface area (Å²) >= 11 is 0. The van der Waals surface area contributed by atoms with Crippen LogP contribution in [0.3, 0.4) is 0 Å². The maximum Gasteiger partial charge on any atom is 0.328 e. The van der Waals surface area contributed by atoms with E-state index in [4.69, 9.17) is 5.73 Å². The van der Waals surface area contributed by atoms with Crippen molar-refractivity contribution < 1.29 is 13.5 Å². The van der Waals surface area contributed by atoms with Gasteiger partial charge >= 0.3 is 5.69 Å². The van der Waals surface area contributed by atoms with E-state index in [1.807, 2.05) is 24.4 Å². The van der Waals surface area contributed by atoms with E-state index in [1.54, 1.807) is 24.3 Å². The lowest BCUT2D eigenvalue weighted by Crippen LogP contribution is -2.17. The van der Waals surface area contributed by atoms with Crippen LogP contribution >= 0.6 is 0 Å². The van der Waals surface area contributed by atoms with Crippen LogP contribution in [0.5, 0.6) is 5.88 Å². The molecule has 0 fully saturated rings. The van der Waals surface area contributed by atoms with Gasteiger partial charge in [-0.3, -0.25) is 9.29 Å². The molecule has 4 aromatic rings. The second-order valence-electron chi connectivity index (χ2n) is 7.80. The zero-order valence-electron chi connectivity index (χ0n) is 17.6. The zero-order valence-corrected chi connectivity index (χ0v) is 18.4. The molecule has 4 rings (SSSR count). The van der Waals surface area contributed by atoms with E-state index in [2.05, 4.69) is 14.7 Å². The van der Waals surface area contributed by atoms with Crippen LogP contribution in [0.4, 0.5) is 5.69 Å². The number of H-pyrrole nitrogens is 2. The molecular formula is C22H25N5O4S. The number of nitrogens with two attached hydrogens (primary N) is 1. The van der Waals surface area contributed by atoms with Crippen molar-refractivity contribution in [3.05, 3.63) is 81.5 Å². The van der Waals surface area contributed by atoms with E-state index >= 15 is 0 Å². The Morgan fingerprint density at radius 3 is 2.72 bits per heavy atom. The minimum Gasteiger partial charge on any atom is -0.493 e. The molecular weight excluding hydrogens is 430 g/mol. The molecule has 0 amide bonds. The SMILES string of the molecule is CS(=O)(=O)Nc1cccc(Cn2c(O)c(Cc3ccc4[nH]cc(CCN)c4c3)[nH]c2=O)c1. The van der Waals surface area contributed by atoms with Gasteiger partial charge in [0.25, 0.3) is 0 Å². The molecule has 0 radical (unpaired) electrons. The van der Waals surface area contributed by atoms with E-state index in [0.29, 0.717) is 29.9 Å². The summed E-state index contributed by atoms with van der Waals surface area (Å²) in [5, 5.41) is 11.8. The van der Waals surface area contributed by atoms with Crippen molar-refractivity contribution in [1.82, 2.24) is 14.5 Å². The number of aromatic amines is 2. The van der Waals surface area contributed by atoms with Gasteiger partial charge in [-0.05, 0) is 53.9 Å². The predicted molar refractivity (Wildman–Crippen MR) is 125 cm³/mol. The van der Waals surface area contributed by atoms with Crippen molar-refractivity contribution in [3.63, 3.8) is 0 Å². The van der Waals surface area contributed by atoms with E-state index in [9.17, 15) is 18.3 Å². The van der Waals surface area contributed by atoms with Crippen molar-refractivity contribution >= 4 is 26.6 Å². The van der Waals surface area contributed by atoms with Gasteiger partial charge in [0.2, 0.25) is 15.9 Å². The summed E-state index contributed by atoms with van der Waals surface area (Å²) < 4.78 is 26.5. The highest BCUT2D eigenvalue weighted by Crippen LogP contribution is 2.24. The molecule has 2 aromatic carbocycles. The van der Waals surface area contributed by atoms with Crippen LogP contribution in [-0.4, -0.2) is 40.9 Å². The van der Waals surface area contributed by atoms with Crippen LogP contribution in [0.1, 0.15) is 22.4 Å². The standard InChI is InChI=1S/C22H25N5O4S/c1-32(30,31)26-17-4-2-3-15(9-17)13-27-21(28)20(25-22(27)29)11-14-5-6-19-18(10-14)16(7-8-23)12-24-19/h2-6,9-10,12,24,26,28H,7-8,11,13,23H2,1H3,(H,25,29). The van der Waals surface area contributed by atoms with Crippen LogP contribution in [0.2, 0.25) is 0 Å². The Morgan fingerprint density at radius 1 is 1.16 bits per heavy atom. The number of fused-ring (bicyclic) bond motifs is 1. The van der Waals surface area contributed by atoms with Gasteiger partial charge in [0, 0.05) is 29.2 Å². The predicted octanol–water partition coefficient (Wildman–Crippen LogP) is 1.88. The second-order valence-corrected chi connectivity index (χ2v) is 9.55. The second kappa shape index (κ2) is 8.56. The molecule has 0 saturated heterocycles. The number of aromatic hydroxyl groups is 1. The van der Waals surface area contributed by atoms with Crippen molar-refractivity contribution in [1.29, 1.82) is 0 Å². The monoisotopic (exact) mass is 455 g/mol. The van der Waals surface area contributed by atoms with Gasteiger partial charge in [-0.1, -0.05) is 18.2 Å². The van der Waals surface area contributed by atoms with Gasteiger partial charge < -0.3 is 20.8 Å². The van der Waals surface area contributed by atoms with Crippen LogP contribution in [0, 0.1) is 0 Å². The van der Waals surface area contributed by atoms with Crippen LogP contribution < -0.4 is 16.1 Å². The zero-order chi connectivity index (χ0) is 22.9. The molecule has 168 valence electrons. The highest BCUT2D eigenvalue weighted by molar-refractivity contribution is 7.92. The molecule has 0 saturated carbocycles. The normalized spacial score (nSPS) is 11.8. The first-order valence-corrected chi connectivity index (χ1v) is 12.0. The lowest BCUT2D eigenvalue weighted by atomic mass is 10.0. The number of aromatic nitrogens is 3. The van der Waals surface area contributed by atoms with Crippen molar-refractivity contribution in [2.45, 2.75) is 19.4 Å². The largest absolute Gasteiger partial charge is 0.493 e. The van der Waals surface area contributed by atoms with Crippen molar-refractivity contribution in [2.75, 3.05) is 17.5 Å². The summed E-state index contributed by atoms with van der Waals surface area (Å²) in [4.78, 5) is 18.5. The van der Waals surface area contributed by atoms with Gasteiger partial charge in [0.15, 0.2) is 0 Å². The summed E-state index contributed by atoms with van der Waals surface area (Å²) in [6, 6.07) is 12.6. The maximum atomic E-state index is 12.5. The highest BCUT2D eigenvalue weighted by atomic mass is 32.2. The minimum atomic E-state index is -3.42. The summed E-state index contributed by atoms with van der Waals surface area (Å²) in [6.45, 7) is 0.646. The molecule has 0 unspecified atom stereocenters. The van der Waals surface area contributed by atoms with E-state index in [-0.39, 0.29) is 12.4 Å². The average molecular weight is 456 g/mol. The third-order valence-electron chi connectivity index (χ3n) is 5.23. The van der Waals surface area contributed by atoms with Gasteiger partial charge in [0.05, 0.1) is 18.5 Å². The van der Waals surface area contributed by atoms with Gasteiger partial charge in [-0.2, -0.15) is 0 Å². The summed E-state index contributed by atoms with van der Waals surface area (Å²) in [7, 11) is -3.42. The Labute approximate surface area is 185 Å². The molecule has 9 nitrogen and oxygen atoms in total. The molecule has 10 heteroatoms. The number of sulfonamides is 1. The quantitative estimate of drug-likeness (QED) is 0.275. The number of anilines is 1. The number of benzene rings is 2. The van der Waals surface area contributed by atoms with E-state index in [1.165, 1.54) is 4.57 Å². The number of hydrogen-bond acceptors (Lipinski definition) is 5. The van der Waals surface area contributed by atoms with Crippen molar-refractivity contribution in [3.8, 4) is 5.88 Å². The fourth-order valence-electron chi connectivity index (χ4n) is 3.81. The topological polar surface area (TPSA) is 146 Å². The van der Waals surface area contributed by atoms with Crippen LogP contribution in [0.25, 0.3) is 10.9 Å². The minimum absolute atomic E-state index is 0.0952. The third-order valence-corrected chi connectivity index (χ3v) is 5.83. The Kier molecular flexibility index (Phi) is 5.81. The Balaban J connectivity index is 1.59. The Morgan fingerprint density at radius 2 is 1.97 bits per heavy atom. The first-order chi connectivity index (χ1) is 15.2. The van der Waals surface area contributed by atoms with Gasteiger partial charge in [-0.15, -0.1) is 0 Å². The average Bonchev–Trinajstić information content (AvgIpc) is 3.23. The fraction of sp³-hybridized carbons (Fsp3) is 0.227. The first-order valence-electron chi connectivity index (χ1n) is 10.1. The van der Waals surface area contributed by atoms with Gasteiger partial charge in [-0.25, -0.2) is 13.2 Å².